The van der Waals surface area contributed by atoms with Gasteiger partial charge in [-0.3, -0.25) is 24.0 Å². The van der Waals surface area contributed by atoms with Crippen molar-refractivity contribution in [3.8, 4) is 0 Å². The Morgan fingerprint density at radius 3 is 2.56 bits per heavy atom. The molecule has 12 nitrogen and oxygen atoms in total. The van der Waals surface area contributed by atoms with Crippen LogP contribution in [0.25, 0.3) is 0 Å². The Kier molecular flexibility index (Phi) is 12.6. The lowest BCUT2D eigenvalue weighted by molar-refractivity contribution is -0.146. The second kappa shape index (κ2) is 17.0. The van der Waals surface area contributed by atoms with Gasteiger partial charge >= 0.3 is 0 Å². The van der Waals surface area contributed by atoms with Gasteiger partial charge in [0.1, 0.15) is 13.1 Å². The zero-order valence-corrected chi connectivity index (χ0v) is 28.9. The molecule has 5 heterocycles. The number of nitrogens with one attached hydrogen (secondary N) is 2. The smallest absolute Gasteiger partial charge is 0.251 e. The molecular formula is C35H48N6O6S. The fourth-order valence-corrected chi connectivity index (χ4v) is 7.96. The predicted molar refractivity (Wildman–Crippen MR) is 181 cm³/mol. The van der Waals surface area contributed by atoms with Gasteiger partial charge in [-0.05, 0) is 64.0 Å². The SMILES string of the molecule is COC[C@H]1CCCN1C(=O)CN1CC(=O)N2CCC(CC2)c2nc(c(C)s2)CC(=O)N[C@@H](CCCCNC(=O)c2ccccc2)CC1=O. The van der Waals surface area contributed by atoms with Crippen molar-refractivity contribution in [2.45, 2.75) is 82.7 Å². The van der Waals surface area contributed by atoms with E-state index in [9.17, 15) is 24.0 Å². The van der Waals surface area contributed by atoms with E-state index in [-0.39, 0.29) is 67.4 Å². The molecule has 2 fully saturated rings. The van der Waals surface area contributed by atoms with E-state index in [1.165, 1.54) is 4.90 Å². The quantitative estimate of drug-likeness (QED) is 0.368. The summed E-state index contributed by atoms with van der Waals surface area (Å²) in [5, 5.41) is 6.99. The van der Waals surface area contributed by atoms with Crippen LogP contribution in [0.1, 0.15) is 83.2 Å². The van der Waals surface area contributed by atoms with Crippen molar-refractivity contribution in [1.82, 2.24) is 30.3 Å². The van der Waals surface area contributed by atoms with Crippen LogP contribution >= 0.6 is 11.3 Å². The van der Waals surface area contributed by atoms with Gasteiger partial charge in [0.2, 0.25) is 23.6 Å². The molecule has 1 aromatic heterocycles. The Hall–Kier alpha value is -3.84. The first-order chi connectivity index (χ1) is 23.2. The summed E-state index contributed by atoms with van der Waals surface area (Å²) in [4.78, 5) is 77.7. The molecule has 48 heavy (non-hydrogen) atoms. The average molecular weight is 681 g/mol. The van der Waals surface area contributed by atoms with Crippen molar-refractivity contribution in [3.63, 3.8) is 0 Å². The van der Waals surface area contributed by atoms with Crippen LogP contribution in [-0.2, 0) is 30.3 Å². The minimum atomic E-state index is -0.515. The number of piperidine rings is 1. The van der Waals surface area contributed by atoms with Crippen LogP contribution in [0.4, 0.5) is 0 Å². The molecule has 0 aliphatic carbocycles. The van der Waals surface area contributed by atoms with Gasteiger partial charge < -0.3 is 30.1 Å². The summed E-state index contributed by atoms with van der Waals surface area (Å²) in [5.74, 6) is -0.886. The van der Waals surface area contributed by atoms with Gasteiger partial charge in [-0.15, -0.1) is 11.3 Å². The fraction of sp³-hybridized carbons (Fsp3) is 0.600. The molecule has 1 aromatic carbocycles. The maximum Gasteiger partial charge on any atom is 0.251 e. The van der Waals surface area contributed by atoms with E-state index in [1.54, 1.807) is 40.4 Å². The number of hydrogen-bond acceptors (Lipinski definition) is 8. The van der Waals surface area contributed by atoms with Gasteiger partial charge in [-0.2, -0.15) is 0 Å². The molecule has 4 aliphatic rings. The van der Waals surface area contributed by atoms with Crippen molar-refractivity contribution in [2.24, 2.45) is 0 Å². The summed E-state index contributed by atoms with van der Waals surface area (Å²) in [7, 11) is 1.61. The molecule has 2 atom stereocenters. The lowest BCUT2D eigenvalue weighted by Gasteiger charge is -2.34. The van der Waals surface area contributed by atoms with E-state index < -0.39 is 6.04 Å². The molecule has 0 unspecified atom stereocenters. The van der Waals surface area contributed by atoms with Crippen molar-refractivity contribution < 1.29 is 28.7 Å². The topological polar surface area (TPSA) is 141 Å². The maximum absolute atomic E-state index is 14.0. The highest BCUT2D eigenvalue weighted by Crippen LogP contribution is 2.33. The standard InChI is InChI=1S/C35H48N6O6S/c1-24-29-20-30(42)37-27(11-6-7-15-36-34(46)25-9-4-3-5-10-25)19-31(43)40(22-33(45)41-16-8-12-28(41)23-47-2)21-32(44)39-17-13-26(14-18-39)35(38-29)48-24/h3-5,9-10,26-28H,6-8,11-23H2,1-2H3,(H,36,46)(H,37,42)/t27-,28+/m0/s1. The second-order valence-corrected chi connectivity index (χ2v) is 14.3. The van der Waals surface area contributed by atoms with Crippen LogP contribution in [0.15, 0.2) is 30.3 Å². The van der Waals surface area contributed by atoms with E-state index in [0.29, 0.717) is 57.6 Å². The number of aromatic nitrogens is 1. The van der Waals surface area contributed by atoms with Crippen LogP contribution in [0.3, 0.4) is 0 Å². The summed E-state index contributed by atoms with van der Waals surface area (Å²) >= 11 is 1.62. The van der Waals surface area contributed by atoms with Crippen LogP contribution in [-0.4, -0.2) is 114 Å². The summed E-state index contributed by atoms with van der Waals surface area (Å²) in [6.07, 6.45) is 5.08. The third kappa shape index (κ3) is 9.40. The molecule has 6 rings (SSSR count). The van der Waals surface area contributed by atoms with E-state index in [2.05, 4.69) is 10.6 Å². The molecule has 0 saturated carbocycles. The Morgan fingerprint density at radius 2 is 1.81 bits per heavy atom. The highest BCUT2D eigenvalue weighted by atomic mass is 32.1. The molecule has 2 N–H and O–H groups in total. The van der Waals surface area contributed by atoms with Crippen molar-refractivity contribution in [2.75, 3.05) is 53.0 Å². The lowest BCUT2D eigenvalue weighted by atomic mass is 9.97. The third-order valence-electron chi connectivity index (χ3n) is 9.58. The van der Waals surface area contributed by atoms with E-state index in [1.807, 2.05) is 25.1 Å². The number of methoxy groups -OCH3 is 1. The number of thiazole rings is 1. The highest BCUT2D eigenvalue weighted by molar-refractivity contribution is 7.11. The van der Waals surface area contributed by atoms with Crippen molar-refractivity contribution in [1.29, 1.82) is 0 Å². The minimum Gasteiger partial charge on any atom is -0.383 e. The Morgan fingerprint density at radius 1 is 1.04 bits per heavy atom. The molecule has 4 aliphatic heterocycles. The number of hydrogen-bond donors (Lipinski definition) is 2. The number of aryl methyl sites for hydroxylation is 1. The summed E-state index contributed by atoms with van der Waals surface area (Å²) < 4.78 is 5.33. The van der Waals surface area contributed by atoms with Gasteiger partial charge in [0.15, 0.2) is 0 Å². The van der Waals surface area contributed by atoms with E-state index >= 15 is 0 Å². The van der Waals surface area contributed by atoms with Crippen molar-refractivity contribution in [3.05, 3.63) is 51.5 Å². The Labute approximate surface area is 286 Å². The van der Waals surface area contributed by atoms with Crippen LogP contribution in [0, 0.1) is 6.92 Å². The number of likely N-dealkylation sites (tertiary alicyclic amines) is 1. The molecule has 13 heteroatoms. The minimum absolute atomic E-state index is 0.0481. The number of rotatable bonds is 10. The number of ether oxygens (including phenoxy) is 1. The molecule has 0 radical (unpaired) electrons. The van der Waals surface area contributed by atoms with Crippen LogP contribution < -0.4 is 10.6 Å². The average Bonchev–Trinajstić information content (AvgIpc) is 3.70. The van der Waals surface area contributed by atoms with Gasteiger partial charge in [-0.1, -0.05) is 18.2 Å². The molecule has 4 bridgehead atoms. The molecule has 5 amide bonds. The van der Waals surface area contributed by atoms with Crippen LogP contribution in [0.2, 0.25) is 0 Å². The first-order valence-corrected chi connectivity index (χ1v) is 18.0. The number of nitrogens with zero attached hydrogens (tertiary/aromatic N) is 4. The lowest BCUT2D eigenvalue weighted by Crippen LogP contribution is -2.51. The normalized spacial score (nSPS) is 22.2. The number of fused-ring (bicyclic) bond motifs is 10. The number of carbonyl (C=O) groups is 5. The summed E-state index contributed by atoms with van der Waals surface area (Å²) in [6.45, 7) is 4.16. The van der Waals surface area contributed by atoms with E-state index in [0.717, 1.165) is 41.3 Å². The Bertz CT molecular complexity index is 1440. The zero-order valence-electron chi connectivity index (χ0n) is 28.1. The van der Waals surface area contributed by atoms with Gasteiger partial charge in [0.05, 0.1) is 29.8 Å². The summed E-state index contributed by atoms with van der Waals surface area (Å²) in [6, 6.07) is 8.43. The maximum atomic E-state index is 14.0. The first kappa shape index (κ1) is 35.5. The highest BCUT2D eigenvalue weighted by Gasteiger charge is 2.34. The number of benzene rings is 1. The predicted octanol–water partition coefficient (Wildman–Crippen LogP) is 2.65. The fourth-order valence-electron chi connectivity index (χ4n) is 6.85. The van der Waals surface area contributed by atoms with Gasteiger partial charge in [-0.25, -0.2) is 4.98 Å². The zero-order chi connectivity index (χ0) is 34.0. The Balaban J connectivity index is 1.30. The van der Waals surface area contributed by atoms with E-state index in [4.69, 9.17) is 9.72 Å². The first-order valence-electron chi connectivity index (χ1n) is 17.1. The molecular weight excluding hydrogens is 632 g/mol. The number of unbranched alkanes of at least 4 members (excludes halogenated alkanes) is 1. The summed E-state index contributed by atoms with van der Waals surface area (Å²) in [5.41, 5.74) is 1.33. The molecule has 0 spiro atoms. The van der Waals surface area contributed by atoms with Crippen LogP contribution in [0.5, 0.6) is 0 Å². The molecule has 2 saturated heterocycles. The molecule has 2 aromatic rings. The largest absolute Gasteiger partial charge is 0.383 e. The van der Waals surface area contributed by atoms with Gasteiger partial charge in [0, 0.05) is 62.1 Å². The molecule has 260 valence electrons. The van der Waals surface area contributed by atoms with Crippen molar-refractivity contribution >= 4 is 40.9 Å². The van der Waals surface area contributed by atoms with Gasteiger partial charge in [0.25, 0.3) is 5.91 Å². The monoisotopic (exact) mass is 680 g/mol. The number of amides is 5. The second-order valence-electron chi connectivity index (χ2n) is 13.1. The third-order valence-corrected chi connectivity index (χ3v) is 10.8. The number of carbonyl (C=O) groups excluding carboxylic acids is 5.